The van der Waals surface area contributed by atoms with Crippen molar-refractivity contribution in [2.45, 2.75) is 26.3 Å². The Hall–Kier alpha value is -2.70. The van der Waals surface area contributed by atoms with Crippen LogP contribution in [0.25, 0.3) is 0 Å². The first-order chi connectivity index (χ1) is 11.1. The molecule has 0 spiro atoms. The summed E-state index contributed by atoms with van der Waals surface area (Å²) in [6.07, 6.45) is 2.01. The third-order valence-corrected chi connectivity index (χ3v) is 4.09. The fourth-order valence-corrected chi connectivity index (χ4v) is 2.91. The normalized spacial score (nSPS) is 14.2. The van der Waals surface area contributed by atoms with Crippen molar-refractivity contribution in [2.75, 3.05) is 18.0 Å². The number of anilines is 1. The standard InChI is InChI=1S/C16H18N4O3/c1-12-17-15(18-9-5-6-10-18)16(20(22)23)19(12)11-14(21)13-7-3-2-4-8-13/h2-4,7-8H,5-6,9-11H2,1H3. The van der Waals surface area contributed by atoms with Crippen LogP contribution < -0.4 is 4.90 Å². The number of carbonyl (C=O) groups is 1. The van der Waals surface area contributed by atoms with Crippen LogP contribution >= 0.6 is 0 Å². The molecule has 1 aromatic carbocycles. The molecular weight excluding hydrogens is 296 g/mol. The summed E-state index contributed by atoms with van der Waals surface area (Å²) in [5.41, 5.74) is 0.539. The van der Waals surface area contributed by atoms with Crippen LogP contribution in [-0.4, -0.2) is 33.3 Å². The first-order valence-electron chi connectivity index (χ1n) is 7.62. The van der Waals surface area contributed by atoms with E-state index in [1.165, 1.54) is 4.57 Å². The van der Waals surface area contributed by atoms with Gasteiger partial charge in [0.2, 0.25) is 11.6 Å². The smallest absolute Gasteiger partial charge is 0.358 e. The van der Waals surface area contributed by atoms with Crippen LogP contribution in [0.2, 0.25) is 0 Å². The van der Waals surface area contributed by atoms with Gasteiger partial charge in [-0.25, -0.2) is 4.57 Å². The second kappa shape index (κ2) is 6.20. The fraction of sp³-hybridized carbons (Fsp3) is 0.375. The summed E-state index contributed by atoms with van der Waals surface area (Å²) in [5, 5.41) is 11.5. The number of ketones is 1. The number of hydrogen-bond donors (Lipinski definition) is 0. The highest BCUT2D eigenvalue weighted by molar-refractivity contribution is 5.96. The lowest BCUT2D eigenvalue weighted by Gasteiger charge is -2.13. The molecule has 2 aromatic rings. The van der Waals surface area contributed by atoms with Gasteiger partial charge in [-0.3, -0.25) is 4.79 Å². The number of carbonyl (C=O) groups excluding carboxylic acids is 1. The van der Waals surface area contributed by atoms with Gasteiger partial charge in [0.1, 0.15) is 0 Å². The van der Waals surface area contributed by atoms with Gasteiger partial charge >= 0.3 is 5.82 Å². The van der Waals surface area contributed by atoms with Gasteiger partial charge in [-0.1, -0.05) is 30.3 Å². The number of rotatable bonds is 5. The minimum absolute atomic E-state index is 0.0764. The van der Waals surface area contributed by atoms with Crippen molar-refractivity contribution in [3.63, 3.8) is 0 Å². The number of aromatic nitrogens is 2. The summed E-state index contributed by atoms with van der Waals surface area (Å²) in [7, 11) is 0. The summed E-state index contributed by atoms with van der Waals surface area (Å²) in [6.45, 7) is 3.16. The lowest BCUT2D eigenvalue weighted by Crippen LogP contribution is -2.20. The van der Waals surface area contributed by atoms with E-state index in [2.05, 4.69) is 4.98 Å². The van der Waals surface area contributed by atoms with E-state index in [9.17, 15) is 14.9 Å². The van der Waals surface area contributed by atoms with Crippen molar-refractivity contribution in [1.82, 2.24) is 9.55 Å². The van der Waals surface area contributed by atoms with Crippen LogP contribution in [0.15, 0.2) is 30.3 Å². The molecule has 0 bridgehead atoms. The summed E-state index contributed by atoms with van der Waals surface area (Å²) in [5.74, 6) is 0.615. The Labute approximate surface area is 133 Å². The van der Waals surface area contributed by atoms with Crippen molar-refractivity contribution >= 4 is 17.4 Å². The maximum absolute atomic E-state index is 12.4. The molecule has 120 valence electrons. The average Bonchev–Trinajstić information content (AvgIpc) is 3.17. The van der Waals surface area contributed by atoms with E-state index < -0.39 is 4.92 Å². The summed E-state index contributed by atoms with van der Waals surface area (Å²) in [4.78, 5) is 29.8. The number of nitro groups is 1. The predicted molar refractivity (Wildman–Crippen MR) is 85.8 cm³/mol. The Bertz CT molecular complexity index is 733. The largest absolute Gasteiger partial charge is 0.367 e. The van der Waals surface area contributed by atoms with Crippen LogP contribution in [0.3, 0.4) is 0 Å². The number of benzene rings is 1. The molecule has 0 aliphatic carbocycles. The lowest BCUT2D eigenvalue weighted by atomic mass is 10.1. The number of hydrogen-bond acceptors (Lipinski definition) is 5. The highest BCUT2D eigenvalue weighted by Gasteiger charge is 2.31. The van der Waals surface area contributed by atoms with Crippen LogP contribution in [0, 0.1) is 17.0 Å². The minimum atomic E-state index is -0.439. The molecule has 7 heteroatoms. The van der Waals surface area contributed by atoms with Crippen LogP contribution in [0.5, 0.6) is 0 Å². The first-order valence-corrected chi connectivity index (χ1v) is 7.62. The molecule has 0 saturated carbocycles. The van der Waals surface area contributed by atoms with Gasteiger partial charge in [0.15, 0.2) is 12.4 Å². The van der Waals surface area contributed by atoms with Gasteiger partial charge in [-0.15, -0.1) is 0 Å². The second-order valence-electron chi connectivity index (χ2n) is 5.63. The molecule has 0 amide bonds. The van der Waals surface area contributed by atoms with Crippen LogP contribution in [0.1, 0.15) is 29.0 Å². The molecule has 1 fully saturated rings. The topological polar surface area (TPSA) is 81.3 Å². The van der Waals surface area contributed by atoms with Crippen molar-refractivity contribution in [3.05, 3.63) is 51.8 Å². The van der Waals surface area contributed by atoms with E-state index in [1.807, 2.05) is 11.0 Å². The summed E-state index contributed by atoms with van der Waals surface area (Å²) >= 11 is 0. The molecule has 1 aliphatic heterocycles. The average molecular weight is 314 g/mol. The highest BCUT2D eigenvalue weighted by atomic mass is 16.6. The Balaban J connectivity index is 1.95. The van der Waals surface area contributed by atoms with Crippen molar-refractivity contribution in [3.8, 4) is 0 Å². The van der Waals surface area contributed by atoms with Gasteiger partial charge in [-0.05, 0) is 17.8 Å². The Kier molecular flexibility index (Phi) is 4.10. The first kappa shape index (κ1) is 15.2. The Morgan fingerprint density at radius 3 is 2.52 bits per heavy atom. The molecule has 0 radical (unpaired) electrons. The van der Waals surface area contributed by atoms with Crippen LogP contribution in [-0.2, 0) is 6.54 Å². The highest BCUT2D eigenvalue weighted by Crippen LogP contribution is 2.31. The zero-order chi connectivity index (χ0) is 16.4. The van der Waals surface area contributed by atoms with Gasteiger partial charge in [0.25, 0.3) is 0 Å². The van der Waals surface area contributed by atoms with Crippen molar-refractivity contribution < 1.29 is 9.72 Å². The monoisotopic (exact) mass is 314 g/mol. The van der Waals surface area contributed by atoms with Gasteiger partial charge in [0, 0.05) is 25.6 Å². The molecule has 0 atom stereocenters. The SMILES string of the molecule is Cc1nc(N2CCCC2)c([N+](=O)[O-])n1CC(=O)c1ccccc1. The summed E-state index contributed by atoms with van der Waals surface area (Å²) in [6, 6.07) is 8.80. The predicted octanol–water partition coefficient (Wildman–Crippen LogP) is 2.58. The number of Topliss-reactive ketones (excluding diaryl/α,β-unsaturated/α-hetero) is 1. The van der Waals surface area contributed by atoms with Gasteiger partial charge in [-0.2, -0.15) is 4.98 Å². The number of aryl methyl sites for hydroxylation is 1. The number of nitrogens with zero attached hydrogens (tertiary/aromatic N) is 4. The molecule has 3 rings (SSSR count). The third kappa shape index (κ3) is 2.94. The number of imidazole rings is 1. The van der Waals surface area contributed by atoms with Gasteiger partial charge in [0.05, 0.1) is 0 Å². The molecule has 1 saturated heterocycles. The van der Waals surface area contributed by atoms with E-state index >= 15 is 0 Å². The van der Waals surface area contributed by atoms with E-state index in [-0.39, 0.29) is 18.1 Å². The molecular formula is C16H18N4O3. The fourth-order valence-electron chi connectivity index (χ4n) is 2.91. The molecule has 7 nitrogen and oxygen atoms in total. The lowest BCUT2D eigenvalue weighted by molar-refractivity contribution is -0.391. The van der Waals surface area contributed by atoms with E-state index in [0.29, 0.717) is 17.2 Å². The minimum Gasteiger partial charge on any atom is -0.358 e. The van der Waals surface area contributed by atoms with E-state index in [4.69, 9.17) is 0 Å². The Morgan fingerprint density at radius 1 is 1.26 bits per heavy atom. The molecule has 1 aliphatic rings. The van der Waals surface area contributed by atoms with Crippen molar-refractivity contribution in [2.24, 2.45) is 0 Å². The second-order valence-corrected chi connectivity index (χ2v) is 5.63. The van der Waals surface area contributed by atoms with Crippen LogP contribution in [0.4, 0.5) is 11.6 Å². The maximum Gasteiger partial charge on any atom is 0.367 e. The zero-order valence-corrected chi connectivity index (χ0v) is 12.9. The van der Waals surface area contributed by atoms with E-state index in [1.54, 1.807) is 31.2 Å². The van der Waals surface area contributed by atoms with Gasteiger partial charge < -0.3 is 15.0 Å². The maximum atomic E-state index is 12.4. The molecule has 0 unspecified atom stereocenters. The Morgan fingerprint density at radius 2 is 1.91 bits per heavy atom. The third-order valence-electron chi connectivity index (χ3n) is 4.09. The molecule has 1 aromatic heterocycles. The molecule has 23 heavy (non-hydrogen) atoms. The molecule has 0 N–H and O–H groups in total. The van der Waals surface area contributed by atoms with Crippen molar-refractivity contribution in [1.29, 1.82) is 0 Å². The summed E-state index contributed by atoms with van der Waals surface area (Å²) < 4.78 is 1.41. The molecule has 2 heterocycles. The quantitative estimate of drug-likeness (QED) is 0.481. The van der Waals surface area contributed by atoms with E-state index in [0.717, 1.165) is 25.9 Å². The zero-order valence-electron chi connectivity index (χ0n) is 12.9.